The summed E-state index contributed by atoms with van der Waals surface area (Å²) in [6.45, 7) is 4.84. The van der Waals surface area contributed by atoms with E-state index in [-0.39, 0.29) is 17.9 Å². The van der Waals surface area contributed by atoms with Crippen LogP contribution in [0, 0.1) is 11.8 Å². The maximum Gasteiger partial charge on any atom is 0.308 e. The van der Waals surface area contributed by atoms with Gasteiger partial charge < -0.3 is 10.5 Å². The second kappa shape index (κ2) is 6.11. The highest BCUT2D eigenvalue weighted by Crippen LogP contribution is 2.25. The van der Waals surface area contributed by atoms with Crippen molar-refractivity contribution >= 4 is 5.97 Å². The molecule has 3 heteroatoms. The molecule has 0 aromatic rings. The minimum atomic E-state index is -0.0362. The highest BCUT2D eigenvalue weighted by atomic mass is 16.5. The van der Waals surface area contributed by atoms with Crippen LogP contribution in [0.3, 0.4) is 0 Å². The topological polar surface area (TPSA) is 52.3 Å². The van der Waals surface area contributed by atoms with Crippen LogP contribution in [0.15, 0.2) is 0 Å². The van der Waals surface area contributed by atoms with E-state index in [1.165, 1.54) is 0 Å². The zero-order valence-electron chi connectivity index (χ0n) is 9.87. The Hall–Kier alpha value is -0.570. The van der Waals surface area contributed by atoms with Gasteiger partial charge in [0.25, 0.3) is 0 Å². The quantitative estimate of drug-likeness (QED) is 0.711. The maximum atomic E-state index is 11.6. The van der Waals surface area contributed by atoms with E-state index in [0.29, 0.717) is 12.5 Å². The molecule has 1 fully saturated rings. The fourth-order valence-electron chi connectivity index (χ4n) is 2.15. The zero-order valence-corrected chi connectivity index (χ0v) is 9.87. The fourth-order valence-corrected chi connectivity index (χ4v) is 2.15. The van der Waals surface area contributed by atoms with Crippen molar-refractivity contribution in [3.63, 3.8) is 0 Å². The van der Waals surface area contributed by atoms with E-state index in [1.54, 1.807) is 0 Å². The summed E-state index contributed by atoms with van der Waals surface area (Å²) in [7, 11) is 0. The Kier molecular flexibility index (Phi) is 5.09. The fraction of sp³-hybridized carbons (Fsp3) is 0.917. The van der Waals surface area contributed by atoms with Crippen molar-refractivity contribution in [3.8, 4) is 0 Å². The van der Waals surface area contributed by atoms with Gasteiger partial charge in [0, 0.05) is 6.04 Å². The molecule has 2 N–H and O–H groups in total. The monoisotopic (exact) mass is 213 g/mol. The summed E-state index contributed by atoms with van der Waals surface area (Å²) in [4.78, 5) is 11.6. The predicted octanol–water partition coefficient (Wildman–Crippen LogP) is 2.09. The Balaban J connectivity index is 2.18. The molecule has 1 saturated carbocycles. The van der Waals surface area contributed by atoms with Crippen LogP contribution in [0.5, 0.6) is 0 Å². The molecule has 1 aliphatic carbocycles. The number of ether oxygens (including phenoxy) is 1. The minimum absolute atomic E-state index is 0.0362. The van der Waals surface area contributed by atoms with E-state index >= 15 is 0 Å². The van der Waals surface area contributed by atoms with Crippen molar-refractivity contribution < 1.29 is 9.53 Å². The van der Waals surface area contributed by atoms with E-state index in [9.17, 15) is 4.79 Å². The van der Waals surface area contributed by atoms with Crippen LogP contribution >= 0.6 is 0 Å². The summed E-state index contributed by atoms with van der Waals surface area (Å²) in [5.74, 6) is 0.508. The molecule has 3 unspecified atom stereocenters. The lowest BCUT2D eigenvalue weighted by Gasteiger charge is -2.13. The third-order valence-electron chi connectivity index (χ3n) is 3.10. The third kappa shape index (κ3) is 4.20. The Labute approximate surface area is 92.4 Å². The summed E-state index contributed by atoms with van der Waals surface area (Å²) in [5, 5.41) is 0. The van der Waals surface area contributed by atoms with Crippen LogP contribution in [0.2, 0.25) is 0 Å². The molecule has 0 radical (unpaired) electrons. The Morgan fingerprint density at radius 2 is 2.27 bits per heavy atom. The van der Waals surface area contributed by atoms with Gasteiger partial charge in [-0.15, -0.1) is 0 Å². The molecule has 0 amide bonds. The van der Waals surface area contributed by atoms with Gasteiger partial charge >= 0.3 is 5.97 Å². The SMILES string of the molecule is CCCC(C)COC(=O)C1CCC(N)C1. The summed E-state index contributed by atoms with van der Waals surface area (Å²) < 4.78 is 5.29. The predicted molar refractivity (Wildman–Crippen MR) is 60.3 cm³/mol. The molecule has 0 aromatic carbocycles. The first-order valence-corrected chi connectivity index (χ1v) is 6.05. The largest absolute Gasteiger partial charge is 0.465 e. The normalized spacial score (nSPS) is 27.7. The standard InChI is InChI=1S/C12H23NO2/c1-3-4-9(2)8-15-12(14)10-5-6-11(13)7-10/h9-11H,3-8,13H2,1-2H3. The average molecular weight is 213 g/mol. The van der Waals surface area contributed by atoms with Gasteiger partial charge in [0.2, 0.25) is 0 Å². The summed E-state index contributed by atoms with van der Waals surface area (Å²) >= 11 is 0. The van der Waals surface area contributed by atoms with Crippen LogP contribution < -0.4 is 5.73 Å². The van der Waals surface area contributed by atoms with Crippen molar-refractivity contribution in [2.75, 3.05) is 6.61 Å². The maximum absolute atomic E-state index is 11.6. The van der Waals surface area contributed by atoms with Gasteiger partial charge in [0.1, 0.15) is 0 Å². The van der Waals surface area contributed by atoms with Crippen LogP contribution in [-0.2, 0) is 9.53 Å². The molecule has 0 spiro atoms. The van der Waals surface area contributed by atoms with Gasteiger partial charge in [-0.25, -0.2) is 0 Å². The number of esters is 1. The molecule has 3 atom stereocenters. The molecule has 0 heterocycles. The van der Waals surface area contributed by atoms with E-state index < -0.39 is 0 Å². The average Bonchev–Trinajstić information content (AvgIpc) is 2.62. The molecule has 1 rings (SSSR count). The van der Waals surface area contributed by atoms with Gasteiger partial charge in [0.15, 0.2) is 0 Å². The first-order valence-electron chi connectivity index (χ1n) is 6.05. The smallest absolute Gasteiger partial charge is 0.308 e. The number of hydrogen-bond donors (Lipinski definition) is 1. The van der Waals surface area contributed by atoms with E-state index in [4.69, 9.17) is 10.5 Å². The lowest BCUT2D eigenvalue weighted by atomic mass is 10.1. The molecule has 15 heavy (non-hydrogen) atoms. The highest BCUT2D eigenvalue weighted by molar-refractivity contribution is 5.72. The minimum Gasteiger partial charge on any atom is -0.465 e. The van der Waals surface area contributed by atoms with Crippen molar-refractivity contribution in [1.82, 2.24) is 0 Å². The molecular formula is C12H23NO2. The van der Waals surface area contributed by atoms with E-state index in [0.717, 1.165) is 32.1 Å². The number of hydrogen-bond acceptors (Lipinski definition) is 3. The van der Waals surface area contributed by atoms with Crippen molar-refractivity contribution in [1.29, 1.82) is 0 Å². The second-order valence-electron chi connectivity index (χ2n) is 4.79. The van der Waals surface area contributed by atoms with Crippen molar-refractivity contribution in [2.24, 2.45) is 17.6 Å². The van der Waals surface area contributed by atoms with E-state index in [2.05, 4.69) is 13.8 Å². The molecular weight excluding hydrogens is 190 g/mol. The summed E-state index contributed by atoms with van der Waals surface area (Å²) in [6, 6.07) is 0.204. The first kappa shape index (κ1) is 12.5. The van der Waals surface area contributed by atoms with Gasteiger partial charge in [-0.2, -0.15) is 0 Å². The summed E-state index contributed by atoms with van der Waals surface area (Å²) in [6.07, 6.45) is 4.94. The molecule has 0 saturated heterocycles. The molecule has 3 nitrogen and oxygen atoms in total. The third-order valence-corrected chi connectivity index (χ3v) is 3.10. The molecule has 1 aliphatic rings. The van der Waals surface area contributed by atoms with Crippen LogP contribution in [-0.4, -0.2) is 18.6 Å². The highest BCUT2D eigenvalue weighted by Gasteiger charge is 2.29. The number of nitrogens with two attached hydrogens (primary N) is 1. The second-order valence-corrected chi connectivity index (χ2v) is 4.79. The Morgan fingerprint density at radius 3 is 2.80 bits per heavy atom. The van der Waals surface area contributed by atoms with Gasteiger partial charge in [-0.1, -0.05) is 20.3 Å². The summed E-state index contributed by atoms with van der Waals surface area (Å²) in [5.41, 5.74) is 5.76. The van der Waals surface area contributed by atoms with Crippen LogP contribution in [0.1, 0.15) is 46.0 Å². The Bertz CT molecular complexity index is 206. The van der Waals surface area contributed by atoms with Gasteiger partial charge in [-0.3, -0.25) is 4.79 Å². The lowest BCUT2D eigenvalue weighted by Crippen LogP contribution is -2.21. The van der Waals surface area contributed by atoms with Gasteiger partial charge in [-0.05, 0) is 31.6 Å². The van der Waals surface area contributed by atoms with Crippen LogP contribution in [0.25, 0.3) is 0 Å². The number of carbonyl (C=O) groups is 1. The molecule has 88 valence electrons. The molecule has 0 aromatic heterocycles. The molecule has 0 bridgehead atoms. The number of carbonyl (C=O) groups excluding carboxylic acids is 1. The van der Waals surface area contributed by atoms with Crippen molar-refractivity contribution in [3.05, 3.63) is 0 Å². The van der Waals surface area contributed by atoms with Crippen molar-refractivity contribution in [2.45, 2.75) is 52.0 Å². The van der Waals surface area contributed by atoms with E-state index in [1.807, 2.05) is 0 Å². The Morgan fingerprint density at radius 1 is 1.53 bits per heavy atom. The first-order chi connectivity index (χ1) is 7.13. The zero-order chi connectivity index (χ0) is 11.3. The molecule has 0 aliphatic heterocycles. The van der Waals surface area contributed by atoms with Gasteiger partial charge in [0.05, 0.1) is 12.5 Å². The number of rotatable bonds is 5. The lowest BCUT2D eigenvalue weighted by molar-refractivity contribution is -0.149. The van der Waals surface area contributed by atoms with Crippen LogP contribution in [0.4, 0.5) is 0 Å².